The van der Waals surface area contributed by atoms with Crippen molar-refractivity contribution in [1.82, 2.24) is 15.0 Å². The first-order valence-corrected chi connectivity index (χ1v) is 10.3. The van der Waals surface area contributed by atoms with Crippen LogP contribution in [0.1, 0.15) is 41.7 Å². The minimum Gasteiger partial charge on any atom is -0.390 e. The lowest BCUT2D eigenvalue weighted by molar-refractivity contribution is -0.160. The van der Waals surface area contributed by atoms with Crippen molar-refractivity contribution in [2.45, 2.75) is 43.5 Å². The Bertz CT molecular complexity index is 1160. The van der Waals surface area contributed by atoms with E-state index in [0.717, 1.165) is 12.1 Å². The Morgan fingerprint density at radius 2 is 1.76 bits per heavy atom. The number of aromatic nitrogens is 3. The summed E-state index contributed by atoms with van der Waals surface area (Å²) in [6.45, 7) is 1.37. The monoisotopic (exact) mass is 456 g/mol. The molecule has 4 N–H and O–H groups in total. The van der Waals surface area contributed by atoms with Gasteiger partial charge in [-0.2, -0.15) is 0 Å². The van der Waals surface area contributed by atoms with Gasteiger partial charge in [-0.1, -0.05) is 6.07 Å². The highest BCUT2D eigenvalue weighted by atomic mass is 19.1. The molecule has 1 aliphatic rings. The average molecular weight is 456 g/mol. The van der Waals surface area contributed by atoms with Gasteiger partial charge in [0.2, 0.25) is 0 Å². The molecule has 1 amide bonds. The van der Waals surface area contributed by atoms with Crippen LogP contribution in [0.5, 0.6) is 0 Å². The summed E-state index contributed by atoms with van der Waals surface area (Å²) in [5, 5.41) is 33.5. The molecule has 0 spiro atoms. The van der Waals surface area contributed by atoms with Gasteiger partial charge in [0, 0.05) is 12.4 Å². The van der Waals surface area contributed by atoms with Gasteiger partial charge in [0.1, 0.15) is 22.9 Å². The number of rotatable bonds is 4. The van der Waals surface area contributed by atoms with Crippen LogP contribution in [0, 0.1) is 11.6 Å². The maximum absolute atomic E-state index is 14.1. The molecule has 1 saturated carbocycles. The zero-order valence-electron chi connectivity index (χ0n) is 17.6. The number of benzene rings is 1. The second-order valence-corrected chi connectivity index (χ2v) is 8.20. The zero-order chi connectivity index (χ0) is 23.8. The Hall–Kier alpha value is -3.34. The Labute approximate surface area is 188 Å². The summed E-state index contributed by atoms with van der Waals surface area (Å²) >= 11 is 0. The van der Waals surface area contributed by atoms with E-state index in [1.807, 2.05) is 0 Å². The van der Waals surface area contributed by atoms with Crippen molar-refractivity contribution in [3.8, 4) is 11.4 Å². The topological polar surface area (TPSA) is 128 Å². The number of carbonyl (C=O) groups is 1. The summed E-state index contributed by atoms with van der Waals surface area (Å²) in [6, 6.07) is 6.31. The van der Waals surface area contributed by atoms with Crippen LogP contribution in [0.2, 0.25) is 0 Å². The predicted octanol–water partition coefficient (Wildman–Crippen LogP) is 2.42. The van der Waals surface area contributed by atoms with Crippen molar-refractivity contribution in [2.75, 3.05) is 5.32 Å². The largest absolute Gasteiger partial charge is 0.390 e. The highest BCUT2D eigenvalue weighted by Crippen LogP contribution is 2.40. The van der Waals surface area contributed by atoms with E-state index in [1.54, 1.807) is 6.07 Å². The lowest BCUT2D eigenvalue weighted by Crippen LogP contribution is -2.54. The van der Waals surface area contributed by atoms with Crippen molar-refractivity contribution in [1.29, 1.82) is 0 Å². The van der Waals surface area contributed by atoms with Gasteiger partial charge in [-0.25, -0.2) is 18.7 Å². The summed E-state index contributed by atoms with van der Waals surface area (Å²) in [6.07, 6.45) is 2.16. The molecule has 4 rings (SSSR count). The standard InChI is InChI=1S/C23H22F2N4O4/c1-23(33)18(30)9-12(10-19(23)31)13-5-7-26-11-17(13)29-22(32)16-6-8-27-21(28-16)20-14(24)3-2-4-15(20)25/h2-8,11-12,18-19,30-31,33H,9-10H2,1H3,(H,29,32)/t12?,18-,19+,23?. The molecule has 4 atom stereocenters. The number of pyridine rings is 1. The summed E-state index contributed by atoms with van der Waals surface area (Å²) in [4.78, 5) is 24.8. The molecule has 10 heteroatoms. The van der Waals surface area contributed by atoms with E-state index in [9.17, 15) is 28.9 Å². The van der Waals surface area contributed by atoms with E-state index in [2.05, 4.69) is 20.3 Å². The molecule has 2 aromatic heterocycles. The van der Waals surface area contributed by atoms with Crippen molar-refractivity contribution in [3.63, 3.8) is 0 Å². The van der Waals surface area contributed by atoms with E-state index in [0.29, 0.717) is 11.3 Å². The molecule has 3 aromatic rings. The molecule has 0 saturated heterocycles. The molecule has 0 radical (unpaired) electrons. The van der Waals surface area contributed by atoms with Gasteiger partial charge in [0.25, 0.3) is 5.91 Å². The molecule has 0 bridgehead atoms. The van der Waals surface area contributed by atoms with Crippen LogP contribution >= 0.6 is 0 Å². The molecule has 1 aromatic carbocycles. The van der Waals surface area contributed by atoms with Crippen LogP contribution in [-0.2, 0) is 0 Å². The van der Waals surface area contributed by atoms with Gasteiger partial charge < -0.3 is 20.6 Å². The van der Waals surface area contributed by atoms with Crippen LogP contribution in [0.15, 0.2) is 48.9 Å². The first kappa shape index (κ1) is 22.8. The van der Waals surface area contributed by atoms with Crippen molar-refractivity contribution in [2.24, 2.45) is 0 Å². The summed E-state index contributed by atoms with van der Waals surface area (Å²) in [5.74, 6) is -3.00. The molecule has 8 nitrogen and oxygen atoms in total. The lowest BCUT2D eigenvalue weighted by Gasteiger charge is -2.42. The average Bonchev–Trinajstić information content (AvgIpc) is 2.78. The fourth-order valence-corrected chi connectivity index (χ4v) is 3.96. The van der Waals surface area contributed by atoms with Gasteiger partial charge in [0.05, 0.1) is 29.7 Å². The van der Waals surface area contributed by atoms with Crippen LogP contribution in [0.25, 0.3) is 11.4 Å². The number of aliphatic hydroxyl groups excluding tert-OH is 2. The Kier molecular flexibility index (Phi) is 6.15. The van der Waals surface area contributed by atoms with Crippen molar-refractivity contribution >= 4 is 11.6 Å². The first-order chi connectivity index (χ1) is 15.7. The van der Waals surface area contributed by atoms with Gasteiger partial charge in [-0.3, -0.25) is 9.78 Å². The SMILES string of the molecule is CC1(O)[C@H](O)CC(c2ccncc2NC(=O)c2ccnc(-c3c(F)cccc3F)n2)C[C@@H]1O. The maximum atomic E-state index is 14.1. The number of amides is 1. The van der Waals surface area contributed by atoms with Gasteiger partial charge in [0.15, 0.2) is 5.82 Å². The first-order valence-electron chi connectivity index (χ1n) is 10.3. The van der Waals surface area contributed by atoms with Crippen LogP contribution in [0.3, 0.4) is 0 Å². The molecule has 1 fully saturated rings. The van der Waals surface area contributed by atoms with E-state index >= 15 is 0 Å². The van der Waals surface area contributed by atoms with Gasteiger partial charge in [-0.15, -0.1) is 0 Å². The number of aliphatic hydroxyl groups is 3. The summed E-state index contributed by atoms with van der Waals surface area (Å²) in [7, 11) is 0. The fraction of sp³-hybridized carbons (Fsp3) is 0.304. The van der Waals surface area contributed by atoms with Crippen LogP contribution in [0.4, 0.5) is 14.5 Å². The Morgan fingerprint density at radius 1 is 1.09 bits per heavy atom. The number of hydrogen-bond donors (Lipinski definition) is 4. The summed E-state index contributed by atoms with van der Waals surface area (Å²) in [5.41, 5.74) is -1.26. The normalized spacial score (nSPS) is 25.0. The molecule has 1 aliphatic carbocycles. The number of hydrogen-bond acceptors (Lipinski definition) is 7. The molecule has 33 heavy (non-hydrogen) atoms. The number of halogens is 2. The minimum absolute atomic E-state index is 0.121. The third-order valence-corrected chi connectivity index (χ3v) is 5.98. The molecule has 172 valence electrons. The second-order valence-electron chi connectivity index (χ2n) is 8.20. The van der Waals surface area contributed by atoms with Crippen molar-refractivity contribution in [3.05, 3.63) is 71.8 Å². The molecule has 2 heterocycles. The van der Waals surface area contributed by atoms with Crippen LogP contribution < -0.4 is 5.32 Å². The Morgan fingerprint density at radius 3 is 2.42 bits per heavy atom. The number of nitrogens with one attached hydrogen (secondary N) is 1. The van der Waals surface area contributed by atoms with Gasteiger partial charge in [-0.05, 0) is 55.5 Å². The zero-order valence-corrected chi connectivity index (χ0v) is 17.6. The quantitative estimate of drug-likeness (QED) is 0.475. The predicted molar refractivity (Wildman–Crippen MR) is 114 cm³/mol. The second kappa shape index (κ2) is 8.89. The van der Waals surface area contributed by atoms with Crippen LogP contribution in [-0.4, -0.2) is 54.0 Å². The Balaban J connectivity index is 1.60. The third-order valence-electron chi connectivity index (χ3n) is 5.98. The molecular formula is C23H22F2N4O4. The van der Waals surface area contributed by atoms with E-state index in [4.69, 9.17) is 0 Å². The smallest absolute Gasteiger partial charge is 0.274 e. The number of anilines is 1. The number of carbonyl (C=O) groups excluding carboxylic acids is 1. The van der Waals surface area contributed by atoms with E-state index in [1.165, 1.54) is 37.6 Å². The fourth-order valence-electron chi connectivity index (χ4n) is 3.96. The number of nitrogens with zero attached hydrogens (tertiary/aromatic N) is 3. The van der Waals surface area contributed by atoms with Gasteiger partial charge >= 0.3 is 0 Å². The highest BCUT2D eigenvalue weighted by molar-refractivity contribution is 6.03. The third kappa shape index (κ3) is 4.45. The maximum Gasteiger partial charge on any atom is 0.274 e. The molecule has 0 aliphatic heterocycles. The summed E-state index contributed by atoms with van der Waals surface area (Å²) < 4.78 is 28.2. The van der Waals surface area contributed by atoms with Crippen molar-refractivity contribution < 1.29 is 28.9 Å². The molecule has 2 unspecified atom stereocenters. The van der Waals surface area contributed by atoms with E-state index in [-0.39, 0.29) is 30.3 Å². The minimum atomic E-state index is -1.63. The molecular weight excluding hydrogens is 434 g/mol. The lowest BCUT2D eigenvalue weighted by atomic mass is 9.73. The van der Waals surface area contributed by atoms with E-state index < -0.39 is 40.9 Å². The highest BCUT2D eigenvalue weighted by Gasteiger charge is 2.45.